The van der Waals surface area contributed by atoms with Crippen molar-refractivity contribution in [2.75, 3.05) is 26.2 Å². The first-order valence-electron chi connectivity index (χ1n) is 6.92. The highest BCUT2D eigenvalue weighted by Crippen LogP contribution is 2.32. The van der Waals surface area contributed by atoms with Crippen LogP contribution in [0.1, 0.15) is 32.6 Å². The van der Waals surface area contributed by atoms with E-state index < -0.39 is 0 Å². The van der Waals surface area contributed by atoms with E-state index in [1.807, 2.05) is 0 Å². The smallest absolute Gasteiger partial charge is 0.0826 e. The van der Waals surface area contributed by atoms with Crippen LogP contribution in [0, 0.1) is 5.92 Å². The third-order valence-corrected chi connectivity index (χ3v) is 4.23. The maximum absolute atomic E-state index is 5.83. The second-order valence-electron chi connectivity index (χ2n) is 5.75. The SMILES string of the molecule is CC(NCC1CN(C2CC2)CCO1)C1CC1. The lowest BCUT2D eigenvalue weighted by Gasteiger charge is -2.33. The predicted octanol–water partition coefficient (Wildman–Crippen LogP) is 1.24. The molecule has 0 bridgehead atoms. The van der Waals surface area contributed by atoms with E-state index in [-0.39, 0.29) is 0 Å². The van der Waals surface area contributed by atoms with Crippen molar-refractivity contribution in [2.45, 2.75) is 50.8 Å². The van der Waals surface area contributed by atoms with Crippen molar-refractivity contribution >= 4 is 0 Å². The molecule has 1 saturated heterocycles. The minimum atomic E-state index is 0.426. The largest absolute Gasteiger partial charge is 0.374 e. The molecule has 0 spiro atoms. The lowest BCUT2D eigenvalue weighted by molar-refractivity contribution is -0.0311. The fraction of sp³-hybridized carbons (Fsp3) is 1.00. The molecular weight excluding hydrogens is 200 g/mol. The van der Waals surface area contributed by atoms with Gasteiger partial charge in [0.25, 0.3) is 0 Å². The zero-order valence-corrected chi connectivity index (χ0v) is 10.3. The molecule has 0 aromatic rings. The van der Waals surface area contributed by atoms with Crippen molar-refractivity contribution < 1.29 is 4.74 Å². The Labute approximate surface area is 98.5 Å². The van der Waals surface area contributed by atoms with Crippen molar-refractivity contribution in [3.63, 3.8) is 0 Å². The van der Waals surface area contributed by atoms with Crippen molar-refractivity contribution in [1.82, 2.24) is 10.2 Å². The number of morpholine rings is 1. The van der Waals surface area contributed by atoms with Gasteiger partial charge in [-0.2, -0.15) is 0 Å². The Balaban J connectivity index is 1.39. The van der Waals surface area contributed by atoms with Crippen LogP contribution in [0.5, 0.6) is 0 Å². The maximum Gasteiger partial charge on any atom is 0.0826 e. The highest BCUT2D eigenvalue weighted by atomic mass is 16.5. The summed E-state index contributed by atoms with van der Waals surface area (Å²) < 4.78 is 5.83. The Hall–Kier alpha value is -0.120. The molecule has 92 valence electrons. The predicted molar refractivity (Wildman–Crippen MR) is 64.5 cm³/mol. The molecule has 2 saturated carbocycles. The fourth-order valence-corrected chi connectivity index (χ4v) is 2.72. The van der Waals surface area contributed by atoms with Crippen molar-refractivity contribution in [2.24, 2.45) is 5.92 Å². The molecule has 16 heavy (non-hydrogen) atoms. The Morgan fingerprint density at radius 1 is 1.31 bits per heavy atom. The minimum Gasteiger partial charge on any atom is -0.374 e. The summed E-state index contributed by atoms with van der Waals surface area (Å²) in [4.78, 5) is 2.62. The third kappa shape index (κ3) is 2.76. The molecule has 0 aromatic heterocycles. The molecule has 2 aliphatic carbocycles. The second kappa shape index (κ2) is 4.63. The van der Waals surface area contributed by atoms with E-state index in [1.165, 1.54) is 25.7 Å². The van der Waals surface area contributed by atoms with Gasteiger partial charge in [0, 0.05) is 31.7 Å². The summed E-state index contributed by atoms with van der Waals surface area (Å²) in [6, 6.07) is 1.59. The van der Waals surface area contributed by atoms with Gasteiger partial charge in [0.15, 0.2) is 0 Å². The Kier molecular flexibility index (Phi) is 3.18. The quantitative estimate of drug-likeness (QED) is 0.760. The molecule has 0 amide bonds. The molecule has 3 fully saturated rings. The van der Waals surface area contributed by atoms with Crippen LogP contribution in [0.4, 0.5) is 0 Å². The molecule has 1 N–H and O–H groups in total. The Bertz CT molecular complexity index is 238. The zero-order chi connectivity index (χ0) is 11.0. The van der Waals surface area contributed by atoms with Crippen LogP contribution in [-0.4, -0.2) is 49.3 Å². The fourth-order valence-electron chi connectivity index (χ4n) is 2.72. The lowest BCUT2D eigenvalue weighted by atomic mass is 10.2. The van der Waals surface area contributed by atoms with E-state index >= 15 is 0 Å². The van der Waals surface area contributed by atoms with Gasteiger partial charge in [-0.1, -0.05) is 0 Å². The Morgan fingerprint density at radius 2 is 2.12 bits per heavy atom. The molecule has 0 aromatic carbocycles. The highest BCUT2D eigenvalue weighted by molar-refractivity contribution is 4.89. The van der Waals surface area contributed by atoms with E-state index in [0.29, 0.717) is 12.1 Å². The first-order valence-corrected chi connectivity index (χ1v) is 6.92. The van der Waals surface area contributed by atoms with Crippen LogP contribution in [0.25, 0.3) is 0 Å². The summed E-state index contributed by atoms with van der Waals surface area (Å²) in [5.74, 6) is 0.947. The topological polar surface area (TPSA) is 24.5 Å². The van der Waals surface area contributed by atoms with E-state index in [0.717, 1.165) is 38.2 Å². The van der Waals surface area contributed by atoms with Gasteiger partial charge in [-0.05, 0) is 38.5 Å². The monoisotopic (exact) mass is 224 g/mol. The maximum atomic E-state index is 5.83. The lowest BCUT2D eigenvalue weighted by Crippen LogP contribution is -2.48. The Morgan fingerprint density at radius 3 is 2.81 bits per heavy atom. The van der Waals surface area contributed by atoms with Crippen LogP contribution in [-0.2, 0) is 4.74 Å². The summed E-state index contributed by atoms with van der Waals surface area (Å²) in [5.41, 5.74) is 0. The highest BCUT2D eigenvalue weighted by Gasteiger charge is 2.33. The van der Waals surface area contributed by atoms with Gasteiger partial charge >= 0.3 is 0 Å². The van der Waals surface area contributed by atoms with Gasteiger partial charge in [0.1, 0.15) is 0 Å². The van der Waals surface area contributed by atoms with Crippen LogP contribution in [0.3, 0.4) is 0 Å². The average molecular weight is 224 g/mol. The van der Waals surface area contributed by atoms with Crippen molar-refractivity contribution in [1.29, 1.82) is 0 Å². The molecule has 1 aliphatic heterocycles. The van der Waals surface area contributed by atoms with Crippen LogP contribution in [0.15, 0.2) is 0 Å². The number of nitrogens with one attached hydrogen (secondary N) is 1. The van der Waals surface area contributed by atoms with E-state index in [2.05, 4.69) is 17.1 Å². The molecule has 1 heterocycles. The number of ether oxygens (including phenoxy) is 1. The summed E-state index contributed by atoms with van der Waals surface area (Å²) in [6.07, 6.45) is 6.11. The second-order valence-corrected chi connectivity index (χ2v) is 5.75. The van der Waals surface area contributed by atoms with Crippen LogP contribution in [0.2, 0.25) is 0 Å². The third-order valence-electron chi connectivity index (χ3n) is 4.23. The van der Waals surface area contributed by atoms with E-state index in [1.54, 1.807) is 0 Å². The summed E-state index contributed by atoms with van der Waals surface area (Å²) in [6.45, 7) is 6.59. The first kappa shape index (κ1) is 11.0. The number of hydrogen-bond acceptors (Lipinski definition) is 3. The summed E-state index contributed by atoms with van der Waals surface area (Å²) in [5, 5.41) is 3.64. The van der Waals surface area contributed by atoms with Crippen LogP contribution >= 0.6 is 0 Å². The van der Waals surface area contributed by atoms with Gasteiger partial charge in [-0.3, -0.25) is 4.90 Å². The standard InChI is InChI=1S/C13H24N2O/c1-10(11-2-3-11)14-8-13-9-15(6-7-16-13)12-4-5-12/h10-14H,2-9H2,1H3. The molecular formula is C13H24N2O. The number of hydrogen-bond donors (Lipinski definition) is 1. The normalized spacial score (nSPS) is 33.9. The summed E-state index contributed by atoms with van der Waals surface area (Å²) in [7, 11) is 0. The number of rotatable bonds is 5. The van der Waals surface area contributed by atoms with Crippen molar-refractivity contribution in [3.05, 3.63) is 0 Å². The van der Waals surface area contributed by atoms with E-state index in [4.69, 9.17) is 4.74 Å². The molecule has 0 radical (unpaired) electrons. The van der Waals surface area contributed by atoms with Gasteiger partial charge in [-0.25, -0.2) is 0 Å². The van der Waals surface area contributed by atoms with Crippen molar-refractivity contribution in [3.8, 4) is 0 Å². The van der Waals surface area contributed by atoms with Crippen LogP contribution < -0.4 is 5.32 Å². The number of nitrogens with zero attached hydrogens (tertiary/aromatic N) is 1. The van der Waals surface area contributed by atoms with Gasteiger partial charge in [0.05, 0.1) is 12.7 Å². The minimum absolute atomic E-state index is 0.426. The average Bonchev–Trinajstić information content (AvgIpc) is 3.20. The molecule has 3 aliphatic rings. The zero-order valence-electron chi connectivity index (χ0n) is 10.3. The van der Waals surface area contributed by atoms with Gasteiger partial charge in [0.2, 0.25) is 0 Å². The molecule has 2 unspecified atom stereocenters. The molecule has 3 heteroatoms. The first-order chi connectivity index (χ1) is 7.83. The molecule has 3 nitrogen and oxygen atoms in total. The van der Waals surface area contributed by atoms with E-state index in [9.17, 15) is 0 Å². The molecule has 2 atom stereocenters. The molecule has 3 rings (SSSR count). The van der Waals surface area contributed by atoms with Gasteiger partial charge < -0.3 is 10.1 Å². The summed E-state index contributed by atoms with van der Waals surface area (Å²) >= 11 is 0. The van der Waals surface area contributed by atoms with Gasteiger partial charge in [-0.15, -0.1) is 0 Å².